The molecular formula is C12H26N2. The summed E-state index contributed by atoms with van der Waals surface area (Å²) in [5, 5.41) is 0. The third-order valence-electron chi connectivity index (χ3n) is 3.35. The maximum Gasteiger partial charge on any atom is 0.000703 e. The number of hydrogen-bond donors (Lipinski definition) is 1. The Morgan fingerprint density at radius 1 is 1.36 bits per heavy atom. The largest absolute Gasteiger partial charge is 0.330 e. The average molecular weight is 198 g/mol. The van der Waals surface area contributed by atoms with E-state index >= 15 is 0 Å². The Hall–Kier alpha value is -0.0800. The lowest BCUT2D eigenvalue weighted by molar-refractivity contribution is 0.167. The van der Waals surface area contributed by atoms with Gasteiger partial charge in [-0.25, -0.2) is 0 Å². The molecule has 0 bridgehead atoms. The molecule has 1 aliphatic rings. The lowest BCUT2D eigenvalue weighted by Crippen LogP contribution is -2.36. The molecule has 1 aliphatic heterocycles. The van der Waals surface area contributed by atoms with E-state index in [4.69, 9.17) is 5.73 Å². The van der Waals surface area contributed by atoms with Crippen molar-refractivity contribution in [2.75, 3.05) is 26.2 Å². The summed E-state index contributed by atoms with van der Waals surface area (Å²) < 4.78 is 0. The van der Waals surface area contributed by atoms with Gasteiger partial charge >= 0.3 is 0 Å². The van der Waals surface area contributed by atoms with Crippen molar-refractivity contribution in [1.82, 2.24) is 4.90 Å². The van der Waals surface area contributed by atoms with Crippen LogP contribution in [-0.2, 0) is 0 Å². The minimum absolute atomic E-state index is 0.826. The van der Waals surface area contributed by atoms with Crippen LogP contribution in [0.3, 0.4) is 0 Å². The van der Waals surface area contributed by atoms with E-state index in [2.05, 4.69) is 18.7 Å². The number of rotatable bonds is 5. The van der Waals surface area contributed by atoms with Gasteiger partial charge in [0.2, 0.25) is 0 Å². The number of nitrogens with zero attached hydrogens (tertiary/aromatic N) is 1. The number of nitrogens with two attached hydrogens (primary N) is 1. The van der Waals surface area contributed by atoms with E-state index < -0.39 is 0 Å². The molecule has 14 heavy (non-hydrogen) atoms. The summed E-state index contributed by atoms with van der Waals surface area (Å²) in [6.07, 6.45) is 5.27. The lowest BCUT2D eigenvalue weighted by Gasteiger charge is -2.32. The van der Waals surface area contributed by atoms with Crippen molar-refractivity contribution in [1.29, 1.82) is 0 Å². The summed E-state index contributed by atoms with van der Waals surface area (Å²) in [4.78, 5) is 2.63. The minimum Gasteiger partial charge on any atom is -0.330 e. The zero-order valence-electron chi connectivity index (χ0n) is 9.84. The average Bonchev–Trinajstić information content (AvgIpc) is 2.18. The molecule has 2 N–H and O–H groups in total. The van der Waals surface area contributed by atoms with Crippen molar-refractivity contribution in [3.8, 4) is 0 Å². The standard InChI is InChI=1S/C12H26N2/c1-11-5-8-14(9-6-11)10-12(2)4-3-7-13/h11-12H,3-10,13H2,1-2H3. The van der Waals surface area contributed by atoms with Crippen LogP contribution < -0.4 is 5.73 Å². The molecule has 0 radical (unpaired) electrons. The molecule has 1 fully saturated rings. The Labute approximate surface area is 88.8 Å². The number of piperidine rings is 1. The molecule has 0 aliphatic carbocycles. The van der Waals surface area contributed by atoms with E-state index in [1.807, 2.05) is 0 Å². The van der Waals surface area contributed by atoms with Crippen LogP contribution in [0, 0.1) is 11.8 Å². The summed E-state index contributed by atoms with van der Waals surface area (Å²) in [5.74, 6) is 1.78. The van der Waals surface area contributed by atoms with Crippen molar-refractivity contribution < 1.29 is 0 Å². The van der Waals surface area contributed by atoms with Gasteiger partial charge < -0.3 is 10.6 Å². The molecule has 84 valence electrons. The molecular weight excluding hydrogens is 172 g/mol. The second kappa shape index (κ2) is 6.41. The number of likely N-dealkylation sites (tertiary alicyclic amines) is 1. The zero-order valence-corrected chi connectivity index (χ0v) is 9.84. The van der Waals surface area contributed by atoms with Gasteiger partial charge in [-0.1, -0.05) is 13.8 Å². The van der Waals surface area contributed by atoms with Crippen LogP contribution in [-0.4, -0.2) is 31.1 Å². The summed E-state index contributed by atoms with van der Waals surface area (Å²) in [5.41, 5.74) is 5.51. The highest BCUT2D eigenvalue weighted by Gasteiger charge is 2.16. The predicted molar refractivity (Wildman–Crippen MR) is 62.3 cm³/mol. The quantitative estimate of drug-likeness (QED) is 0.733. The van der Waals surface area contributed by atoms with Crippen molar-refractivity contribution >= 4 is 0 Å². The highest BCUT2D eigenvalue weighted by atomic mass is 15.1. The van der Waals surface area contributed by atoms with E-state index in [0.29, 0.717) is 0 Å². The summed E-state index contributed by atoms with van der Waals surface area (Å²) in [6, 6.07) is 0. The van der Waals surface area contributed by atoms with Crippen molar-refractivity contribution in [3.05, 3.63) is 0 Å². The van der Waals surface area contributed by atoms with Gasteiger partial charge in [0.1, 0.15) is 0 Å². The van der Waals surface area contributed by atoms with Crippen LogP contribution in [0.25, 0.3) is 0 Å². The highest BCUT2D eigenvalue weighted by molar-refractivity contribution is 4.71. The SMILES string of the molecule is CC1CCN(CC(C)CCCN)CC1. The molecule has 1 saturated heterocycles. The maximum atomic E-state index is 5.51. The third kappa shape index (κ3) is 4.43. The molecule has 0 aromatic heterocycles. The van der Waals surface area contributed by atoms with Gasteiger partial charge in [-0.2, -0.15) is 0 Å². The fraction of sp³-hybridized carbons (Fsp3) is 1.00. The Morgan fingerprint density at radius 2 is 2.00 bits per heavy atom. The molecule has 0 saturated carbocycles. The molecule has 1 atom stereocenters. The maximum absolute atomic E-state index is 5.51. The Balaban J connectivity index is 2.10. The van der Waals surface area contributed by atoms with Crippen molar-refractivity contribution in [2.24, 2.45) is 17.6 Å². The van der Waals surface area contributed by atoms with Crippen LogP contribution in [0.5, 0.6) is 0 Å². The Morgan fingerprint density at radius 3 is 2.57 bits per heavy atom. The van der Waals surface area contributed by atoms with E-state index in [0.717, 1.165) is 18.4 Å². The van der Waals surface area contributed by atoms with Gasteiger partial charge in [0, 0.05) is 6.54 Å². The molecule has 2 nitrogen and oxygen atoms in total. The van der Waals surface area contributed by atoms with E-state index in [1.54, 1.807) is 0 Å². The van der Waals surface area contributed by atoms with Gasteiger partial charge in [0.15, 0.2) is 0 Å². The van der Waals surface area contributed by atoms with Crippen molar-refractivity contribution in [3.63, 3.8) is 0 Å². The van der Waals surface area contributed by atoms with E-state index in [-0.39, 0.29) is 0 Å². The van der Waals surface area contributed by atoms with Crippen LogP contribution in [0.2, 0.25) is 0 Å². The van der Waals surface area contributed by atoms with Gasteiger partial charge in [0.05, 0.1) is 0 Å². The smallest absolute Gasteiger partial charge is 0.000703 e. The molecule has 0 amide bonds. The molecule has 2 heteroatoms. The van der Waals surface area contributed by atoms with E-state index in [1.165, 1.54) is 45.3 Å². The fourth-order valence-electron chi connectivity index (χ4n) is 2.24. The topological polar surface area (TPSA) is 29.3 Å². The third-order valence-corrected chi connectivity index (χ3v) is 3.35. The van der Waals surface area contributed by atoms with Crippen LogP contribution >= 0.6 is 0 Å². The van der Waals surface area contributed by atoms with Crippen molar-refractivity contribution in [2.45, 2.75) is 39.5 Å². The first-order chi connectivity index (χ1) is 6.72. The summed E-state index contributed by atoms with van der Waals surface area (Å²) in [6.45, 7) is 9.49. The second-order valence-electron chi connectivity index (χ2n) is 5.02. The van der Waals surface area contributed by atoms with E-state index in [9.17, 15) is 0 Å². The van der Waals surface area contributed by atoms with Gasteiger partial charge in [0.25, 0.3) is 0 Å². The second-order valence-corrected chi connectivity index (χ2v) is 5.02. The Bertz CT molecular complexity index is 139. The first-order valence-electron chi connectivity index (χ1n) is 6.14. The van der Waals surface area contributed by atoms with Crippen LogP contribution in [0.4, 0.5) is 0 Å². The van der Waals surface area contributed by atoms with Gasteiger partial charge in [-0.05, 0) is 57.2 Å². The minimum atomic E-state index is 0.826. The summed E-state index contributed by atoms with van der Waals surface area (Å²) in [7, 11) is 0. The van der Waals surface area contributed by atoms with Crippen LogP contribution in [0.1, 0.15) is 39.5 Å². The molecule has 1 rings (SSSR count). The Kier molecular flexibility index (Phi) is 5.49. The first-order valence-corrected chi connectivity index (χ1v) is 6.14. The number of hydrogen-bond acceptors (Lipinski definition) is 2. The fourth-order valence-corrected chi connectivity index (χ4v) is 2.24. The normalized spacial score (nSPS) is 22.5. The molecule has 1 heterocycles. The monoisotopic (exact) mass is 198 g/mol. The predicted octanol–water partition coefficient (Wildman–Crippen LogP) is 2.09. The first kappa shape index (κ1) is 12.0. The van der Waals surface area contributed by atoms with Gasteiger partial charge in [-0.3, -0.25) is 0 Å². The molecule has 0 spiro atoms. The molecule has 0 aromatic carbocycles. The molecule has 0 aromatic rings. The molecule has 1 unspecified atom stereocenters. The van der Waals surface area contributed by atoms with Gasteiger partial charge in [-0.15, -0.1) is 0 Å². The summed E-state index contributed by atoms with van der Waals surface area (Å²) >= 11 is 0. The zero-order chi connectivity index (χ0) is 10.4. The lowest BCUT2D eigenvalue weighted by atomic mass is 9.97. The highest BCUT2D eigenvalue weighted by Crippen LogP contribution is 2.18. The van der Waals surface area contributed by atoms with Crippen LogP contribution in [0.15, 0.2) is 0 Å².